The number of pyridine rings is 1. The molecule has 0 spiro atoms. The highest BCUT2D eigenvalue weighted by Crippen LogP contribution is 2.34. The number of H-pyrrole nitrogens is 1. The Morgan fingerprint density at radius 2 is 2.04 bits per heavy atom. The van der Waals surface area contributed by atoms with Crippen molar-refractivity contribution in [3.05, 3.63) is 42.0 Å². The number of halogens is 1. The predicted octanol–water partition coefficient (Wildman–Crippen LogP) is 3.83. The van der Waals surface area contributed by atoms with Crippen LogP contribution in [0.1, 0.15) is 12.5 Å². The lowest BCUT2D eigenvalue weighted by Gasteiger charge is -2.04. The molecule has 0 bridgehead atoms. The fourth-order valence-electron chi connectivity index (χ4n) is 3.21. The second kappa shape index (κ2) is 5.33. The van der Waals surface area contributed by atoms with Gasteiger partial charge in [0, 0.05) is 35.8 Å². The van der Waals surface area contributed by atoms with Gasteiger partial charge < -0.3 is 4.74 Å². The van der Waals surface area contributed by atoms with Gasteiger partial charge in [-0.2, -0.15) is 0 Å². The van der Waals surface area contributed by atoms with Gasteiger partial charge in [-0.3, -0.25) is 9.78 Å². The lowest BCUT2D eigenvalue weighted by Crippen LogP contribution is -1.92. The highest BCUT2D eigenvalue weighted by Gasteiger charge is 2.17. The number of aromatic amines is 1. The molecule has 0 atom stereocenters. The molecule has 1 aromatic carbocycles. The van der Waals surface area contributed by atoms with Crippen LogP contribution in [0.5, 0.6) is 5.75 Å². The number of nitrogens with one attached hydrogen (secondary N) is 1. The van der Waals surface area contributed by atoms with Crippen molar-refractivity contribution < 1.29 is 9.13 Å². The van der Waals surface area contributed by atoms with Crippen molar-refractivity contribution in [3.63, 3.8) is 0 Å². The van der Waals surface area contributed by atoms with Gasteiger partial charge in [-0.05, 0) is 30.2 Å². The summed E-state index contributed by atoms with van der Waals surface area (Å²) >= 11 is 0. The van der Waals surface area contributed by atoms with Crippen molar-refractivity contribution in [2.45, 2.75) is 13.3 Å². The van der Waals surface area contributed by atoms with E-state index in [1.807, 2.05) is 24.0 Å². The van der Waals surface area contributed by atoms with Crippen molar-refractivity contribution in [1.29, 1.82) is 0 Å². The summed E-state index contributed by atoms with van der Waals surface area (Å²) in [4.78, 5) is 8.86. The van der Waals surface area contributed by atoms with Crippen LogP contribution < -0.4 is 4.74 Å². The molecule has 0 fully saturated rings. The minimum absolute atomic E-state index is 0.230. The zero-order chi connectivity index (χ0) is 16.8. The third-order valence-electron chi connectivity index (χ3n) is 4.40. The molecule has 24 heavy (non-hydrogen) atoms. The molecule has 0 aliphatic rings. The molecule has 5 nitrogen and oxygen atoms in total. The van der Waals surface area contributed by atoms with Crippen LogP contribution in [0.25, 0.3) is 33.2 Å². The number of nitrogens with zero attached hydrogens (tertiary/aromatic N) is 3. The molecule has 0 saturated carbocycles. The fourth-order valence-corrected chi connectivity index (χ4v) is 3.21. The molecular weight excluding hydrogens is 307 g/mol. The van der Waals surface area contributed by atoms with E-state index in [1.165, 1.54) is 13.2 Å². The number of fused-ring (bicyclic) bond motifs is 3. The van der Waals surface area contributed by atoms with Gasteiger partial charge in [0.1, 0.15) is 0 Å². The molecule has 4 rings (SSSR count). The summed E-state index contributed by atoms with van der Waals surface area (Å²) in [6, 6.07) is 4.94. The van der Waals surface area contributed by atoms with Gasteiger partial charge in [-0.15, -0.1) is 0 Å². The molecule has 0 unspecified atom stereocenters. The van der Waals surface area contributed by atoms with E-state index in [0.29, 0.717) is 0 Å². The van der Waals surface area contributed by atoms with Crippen molar-refractivity contribution in [1.82, 2.24) is 19.7 Å². The average molecular weight is 324 g/mol. The zero-order valence-corrected chi connectivity index (χ0v) is 13.7. The molecule has 0 saturated heterocycles. The highest BCUT2D eigenvalue weighted by atomic mass is 19.1. The summed E-state index contributed by atoms with van der Waals surface area (Å²) in [6.07, 6.45) is 4.55. The molecule has 6 heteroatoms. The number of methoxy groups -OCH3 is 1. The number of ether oxygens (including phenoxy) is 1. The maximum atomic E-state index is 14.1. The van der Waals surface area contributed by atoms with E-state index in [1.54, 1.807) is 12.3 Å². The van der Waals surface area contributed by atoms with Crippen LogP contribution in [0.4, 0.5) is 4.39 Å². The Morgan fingerprint density at radius 1 is 1.25 bits per heavy atom. The summed E-state index contributed by atoms with van der Waals surface area (Å²) in [5.41, 5.74) is 4.50. The summed E-state index contributed by atoms with van der Waals surface area (Å²) in [5.74, 6) is -0.160. The maximum Gasteiger partial charge on any atom is 0.165 e. The van der Waals surface area contributed by atoms with Crippen molar-refractivity contribution in [3.8, 4) is 17.0 Å². The zero-order valence-electron chi connectivity index (χ0n) is 13.7. The molecular formula is C18H17FN4O. The van der Waals surface area contributed by atoms with Crippen molar-refractivity contribution in [2.24, 2.45) is 7.05 Å². The molecule has 0 radical (unpaired) electrons. The minimum Gasteiger partial charge on any atom is -0.494 e. The monoisotopic (exact) mass is 324 g/mol. The van der Waals surface area contributed by atoms with Gasteiger partial charge >= 0.3 is 0 Å². The largest absolute Gasteiger partial charge is 0.494 e. The Balaban J connectivity index is 2.02. The predicted molar refractivity (Wildman–Crippen MR) is 91.7 cm³/mol. The Hall–Kier alpha value is -2.89. The number of benzene rings is 1. The molecule has 4 aromatic rings. The van der Waals surface area contributed by atoms with Crippen molar-refractivity contribution >= 4 is 21.9 Å². The molecule has 1 N–H and O–H groups in total. The number of hydrogen-bond acceptors (Lipinski definition) is 3. The number of rotatable bonds is 3. The first-order valence-corrected chi connectivity index (χ1v) is 7.79. The summed E-state index contributed by atoms with van der Waals surface area (Å²) in [6.45, 7) is 2.10. The van der Waals surface area contributed by atoms with E-state index >= 15 is 0 Å². The van der Waals surface area contributed by atoms with Gasteiger partial charge in [0.2, 0.25) is 0 Å². The SMILES string of the molecule is CCc1cnc2ncc3c(-c4ccc(OC)c(F)c4)[nH]n(C)c3c12. The number of aryl methyl sites for hydroxylation is 2. The fraction of sp³-hybridized carbons (Fsp3) is 0.222. The van der Waals surface area contributed by atoms with Gasteiger partial charge in [0.15, 0.2) is 17.2 Å². The quantitative estimate of drug-likeness (QED) is 0.623. The van der Waals surface area contributed by atoms with Gasteiger partial charge in [-0.25, -0.2) is 14.4 Å². The first-order chi connectivity index (χ1) is 11.6. The van der Waals surface area contributed by atoms with Crippen LogP contribution in [-0.4, -0.2) is 26.9 Å². The standard InChI is InChI=1S/C18H17FN4O/c1-4-10-8-20-18-15(10)17-12(9-21-18)16(22-23(17)2)11-5-6-14(24-3)13(19)7-11/h5-9,22H,4H2,1-3H3. The van der Waals surface area contributed by atoms with E-state index in [-0.39, 0.29) is 5.75 Å². The number of hydrogen-bond donors (Lipinski definition) is 1. The van der Waals surface area contributed by atoms with Crippen LogP contribution in [0.3, 0.4) is 0 Å². The molecule has 3 aromatic heterocycles. The van der Waals surface area contributed by atoms with E-state index in [9.17, 15) is 4.39 Å². The summed E-state index contributed by atoms with van der Waals surface area (Å²) < 4.78 is 21.0. The smallest absolute Gasteiger partial charge is 0.165 e. The third-order valence-corrected chi connectivity index (χ3v) is 4.40. The first-order valence-electron chi connectivity index (χ1n) is 7.79. The summed E-state index contributed by atoms with van der Waals surface area (Å²) in [5, 5.41) is 5.30. The van der Waals surface area contributed by atoms with Crippen LogP contribution >= 0.6 is 0 Å². The number of aromatic nitrogens is 4. The Kier molecular flexibility index (Phi) is 3.26. The molecule has 122 valence electrons. The molecule has 0 aliphatic carbocycles. The van der Waals surface area contributed by atoms with Crippen LogP contribution in [0.2, 0.25) is 0 Å². The third kappa shape index (κ3) is 1.99. The second-order valence-corrected chi connectivity index (χ2v) is 5.75. The van der Waals surface area contributed by atoms with Gasteiger partial charge in [0.25, 0.3) is 0 Å². The second-order valence-electron chi connectivity index (χ2n) is 5.75. The van der Waals surface area contributed by atoms with Crippen LogP contribution in [-0.2, 0) is 13.5 Å². The van der Waals surface area contributed by atoms with Gasteiger partial charge in [-0.1, -0.05) is 6.92 Å². The Labute approximate surface area is 138 Å². The average Bonchev–Trinajstić information content (AvgIpc) is 3.15. The Bertz CT molecular complexity index is 1060. The molecule has 0 aliphatic heterocycles. The van der Waals surface area contributed by atoms with Crippen LogP contribution in [0, 0.1) is 5.82 Å². The summed E-state index contributed by atoms with van der Waals surface area (Å²) in [7, 11) is 3.40. The van der Waals surface area contributed by atoms with E-state index in [4.69, 9.17) is 4.74 Å². The van der Waals surface area contributed by atoms with Gasteiger partial charge in [0.05, 0.1) is 18.3 Å². The van der Waals surface area contributed by atoms with E-state index in [2.05, 4.69) is 22.0 Å². The lowest BCUT2D eigenvalue weighted by molar-refractivity contribution is 0.386. The molecule has 0 amide bonds. The first kappa shape index (κ1) is 14.7. The topological polar surface area (TPSA) is 55.7 Å². The lowest BCUT2D eigenvalue weighted by atomic mass is 10.1. The van der Waals surface area contributed by atoms with Crippen molar-refractivity contribution in [2.75, 3.05) is 7.11 Å². The van der Waals surface area contributed by atoms with E-state index in [0.717, 1.165) is 45.2 Å². The van der Waals surface area contributed by atoms with Crippen LogP contribution in [0.15, 0.2) is 30.6 Å². The normalized spacial score (nSPS) is 11.5. The van der Waals surface area contributed by atoms with E-state index < -0.39 is 5.82 Å². The minimum atomic E-state index is -0.390. The highest BCUT2D eigenvalue weighted by molar-refractivity contribution is 6.08. The molecule has 3 heterocycles. The maximum absolute atomic E-state index is 14.1. The Morgan fingerprint density at radius 3 is 2.75 bits per heavy atom.